The van der Waals surface area contributed by atoms with E-state index in [2.05, 4.69) is 114 Å². The van der Waals surface area contributed by atoms with Crippen LogP contribution in [0.5, 0.6) is 0 Å². The Morgan fingerprint density at radius 3 is 0.868 bits per heavy atom. The highest BCUT2D eigenvalue weighted by Gasteiger charge is 2.25. The van der Waals surface area contributed by atoms with Gasteiger partial charge in [-0.05, 0) is 169 Å². The second-order valence-corrected chi connectivity index (χ2v) is 25.8. The van der Waals surface area contributed by atoms with Gasteiger partial charge in [-0.2, -0.15) is 47.0 Å². The molecule has 76 heavy (non-hydrogen) atoms. The van der Waals surface area contributed by atoms with Crippen molar-refractivity contribution in [2.24, 2.45) is 0 Å². The first kappa shape index (κ1) is 56.4. The van der Waals surface area contributed by atoms with Gasteiger partial charge >= 0.3 is 0 Å². The number of nitrogens with one attached hydrogen (secondary N) is 2. The predicted octanol–water partition coefficient (Wildman–Crippen LogP) is 19.4. The summed E-state index contributed by atoms with van der Waals surface area (Å²) in [7, 11) is 0. The van der Waals surface area contributed by atoms with Gasteiger partial charge in [0.2, 0.25) is 0 Å². The third-order valence-electron chi connectivity index (χ3n) is 15.3. The van der Waals surface area contributed by atoms with E-state index >= 15 is 0 Å². The number of rotatable bonds is 28. The van der Waals surface area contributed by atoms with Crippen LogP contribution in [0.3, 0.4) is 0 Å². The molecule has 8 nitrogen and oxygen atoms in total. The molecule has 402 valence electrons. The molecule has 0 saturated heterocycles. The molecule has 4 aromatic carbocycles. The minimum Gasteiger partial charge on any atom is -0.324 e. The number of aromatic amines is 2. The Kier molecular flexibility index (Phi) is 20.4. The fourth-order valence-electron chi connectivity index (χ4n) is 10.5. The van der Waals surface area contributed by atoms with E-state index in [9.17, 15) is 0 Å². The summed E-state index contributed by atoms with van der Waals surface area (Å²) < 4.78 is 0. The molecule has 0 fully saturated rings. The fraction of sp³-hybridized carbons (Fsp3) is 0.500. The number of aromatic nitrogens is 8. The number of benzene rings is 4. The topological polar surface area (TPSA) is 109 Å². The molecule has 0 spiro atoms. The van der Waals surface area contributed by atoms with Crippen molar-refractivity contribution in [2.75, 3.05) is 23.0 Å². The summed E-state index contributed by atoms with van der Waals surface area (Å²) in [6.07, 6.45) is 20.4. The van der Waals surface area contributed by atoms with Crippen molar-refractivity contribution < 1.29 is 0 Å². The Balaban J connectivity index is 1.26. The van der Waals surface area contributed by atoms with Gasteiger partial charge in [-0.25, -0.2) is 29.9 Å². The van der Waals surface area contributed by atoms with Crippen molar-refractivity contribution in [3.63, 3.8) is 0 Å². The first-order valence-electron chi connectivity index (χ1n) is 28.9. The van der Waals surface area contributed by atoms with Crippen molar-refractivity contribution in [3.8, 4) is 45.6 Å². The molecular weight excluding hydrogens is 1010 g/mol. The van der Waals surface area contributed by atoms with Crippen molar-refractivity contribution in [3.05, 3.63) is 93.0 Å². The van der Waals surface area contributed by atoms with Crippen molar-refractivity contribution in [2.45, 2.75) is 181 Å². The predicted molar refractivity (Wildman–Crippen MR) is 336 cm³/mol. The van der Waals surface area contributed by atoms with Crippen LogP contribution >= 0.6 is 47.0 Å². The fourth-order valence-corrected chi connectivity index (χ4v) is 14.8. The molecule has 0 unspecified atom stereocenters. The first-order chi connectivity index (χ1) is 37.2. The minimum atomic E-state index is 0.659. The van der Waals surface area contributed by atoms with Gasteiger partial charge in [0.05, 0.1) is 0 Å². The van der Waals surface area contributed by atoms with Gasteiger partial charge in [-0.1, -0.05) is 105 Å². The molecule has 9 rings (SSSR count). The van der Waals surface area contributed by atoms with Crippen molar-refractivity contribution in [1.29, 1.82) is 0 Å². The quantitative estimate of drug-likeness (QED) is 0.0460. The van der Waals surface area contributed by atoms with Gasteiger partial charge in [-0.15, -0.1) is 0 Å². The summed E-state index contributed by atoms with van der Waals surface area (Å²) in [5, 5.41) is 4.14. The van der Waals surface area contributed by atoms with Gasteiger partial charge in [-0.3, -0.25) is 0 Å². The zero-order chi connectivity index (χ0) is 53.0. The molecule has 0 amide bonds. The van der Waals surface area contributed by atoms with Crippen LogP contribution in [-0.4, -0.2) is 62.9 Å². The zero-order valence-electron chi connectivity index (χ0n) is 46.9. The van der Waals surface area contributed by atoms with E-state index < -0.39 is 0 Å². The Bertz CT molecular complexity index is 3080. The van der Waals surface area contributed by atoms with E-state index in [1.165, 1.54) is 147 Å². The number of thioether (sulfide) groups is 4. The molecule has 3 aromatic heterocycles. The molecule has 12 heteroatoms. The van der Waals surface area contributed by atoms with Gasteiger partial charge in [0.1, 0.15) is 22.6 Å². The lowest BCUT2D eigenvalue weighted by atomic mass is 10.0. The van der Waals surface area contributed by atoms with E-state index in [1.54, 1.807) is 0 Å². The Labute approximate surface area is 470 Å². The number of nitrogens with zero attached hydrogens (tertiary/aromatic N) is 6. The molecule has 0 radical (unpaired) electrons. The number of hydrogen-bond donors (Lipinski definition) is 2. The van der Waals surface area contributed by atoms with Crippen LogP contribution in [0.25, 0.3) is 89.7 Å². The normalized spacial score (nSPS) is 12.1. The molecule has 2 aliphatic heterocycles. The van der Waals surface area contributed by atoms with Crippen LogP contribution in [0.1, 0.15) is 175 Å². The van der Waals surface area contributed by atoms with Crippen LogP contribution in [0.15, 0.2) is 48.5 Å². The molecule has 7 aromatic rings. The van der Waals surface area contributed by atoms with Crippen LogP contribution in [-0.2, 0) is 23.0 Å². The number of unbranched alkanes of at least 4 members (excludes halogenated alkanes) is 12. The standard InChI is InChI=1S/C64H82N8S4/c1-9-13-17-21-25-73-37-45-33-53-49(29-41(45)5)57-65-61(53)69-58-50-30-42(6)46(38-74-26-22-18-14-10-2)34-54(50)63(66-58)71-60-52-32-44(8)48(40-76-28-24-20-16-12-4)36-56(52)64(68-60)72-59-51-31-43(7)47(35-55(51)62(67-59)70-57)39-75-27-23-19-15-11-3/h29-36H,9-28,37-40H2,1-8H3,(H2,65,66,67,68,69,70,71,72). The lowest BCUT2D eigenvalue weighted by Gasteiger charge is -2.09. The summed E-state index contributed by atoms with van der Waals surface area (Å²) in [6, 6.07) is 18.6. The molecule has 0 saturated carbocycles. The SMILES string of the molecule is CCCCCCSCc1cc2c(cc1C)-c1nc-2nc2[nH]c(nc3nc(nc4[nH]c(n1)c1cc(CSCCCCCC)c(C)cc41)-c1cc(CSCCCCCC)c(C)cc1-3)c1cc(CSCCCCCC)c(C)cc21. The first-order valence-corrected chi connectivity index (χ1v) is 33.5. The number of aryl methyl sites for hydroxylation is 4. The maximum atomic E-state index is 5.54. The highest BCUT2D eigenvalue weighted by atomic mass is 32.2. The Hall–Kier alpha value is -4.36. The average Bonchev–Trinajstić information content (AvgIpc) is 4.15. The van der Waals surface area contributed by atoms with Crippen LogP contribution < -0.4 is 0 Å². The Morgan fingerprint density at radius 2 is 0.566 bits per heavy atom. The maximum absolute atomic E-state index is 5.54. The van der Waals surface area contributed by atoms with Crippen molar-refractivity contribution in [1.82, 2.24) is 39.9 Å². The smallest absolute Gasteiger partial charge is 0.164 e. The van der Waals surface area contributed by atoms with E-state index in [1.807, 2.05) is 47.0 Å². The second-order valence-electron chi connectivity index (χ2n) is 21.4. The molecule has 0 atom stereocenters. The largest absolute Gasteiger partial charge is 0.324 e. The molecule has 8 bridgehead atoms. The molecule has 2 aliphatic rings. The molecule has 0 aliphatic carbocycles. The Morgan fingerprint density at radius 1 is 0.303 bits per heavy atom. The highest BCUT2D eigenvalue weighted by molar-refractivity contribution is 7.99. The van der Waals surface area contributed by atoms with Gasteiger partial charge in [0.25, 0.3) is 0 Å². The van der Waals surface area contributed by atoms with E-state index in [-0.39, 0.29) is 0 Å². The molecular formula is C64H82N8S4. The van der Waals surface area contributed by atoms with E-state index in [0.717, 1.165) is 112 Å². The van der Waals surface area contributed by atoms with Crippen LogP contribution in [0.4, 0.5) is 0 Å². The molecule has 2 N–H and O–H groups in total. The van der Waals surface area contributed by atoms with Gasteiger partial charge in [0, 0.05) is 66.8 Å². The summed E-state index contributed by atoms with van der Waals surface area (Å²) in [4.78, 5) is 40.5. The minimum absolute atomic E-state index is 0.659. The lowest BCUT2D eigenvalue weighted by Crippen LogP contribution is -1.92. The number of hydrogen-bond acceptors (Lipinski definition) is 10. The molecule has 5 heterocycles. The summed E-state index contributed by atoms with van der Waals surface area (Å²) >= 11 is 8.13. The number of H-pyrrole nitrogens is 2. The van der Waals surface area contributed by atoms with Crippen LogP contribution in [0, 0.1) is 27.7 Å². The van der Waals surface area contributed by atoms with Gasteiger partial charge < -0.3 is 9.97 Å². The average molecular weight is 1090 g/mol. The summed E-state index contributed by atoms with van der Waals surface area (Å²) in [5.41, 5.74) is 17.3. The third-order valence-corrected chi connectivity index (χ3v) is 19.6. The summed E-state index contributed by atoms with van der Waals surface area (Å²) in [5.74, 6) is 11.1. The maximum Gasteiger partial charge on any atom is 0.164 e. The van der Waals surface area contributed by atoms with E-state index in [0.29, 0.717) is 23.3 Å². The summed E-state index contributed by atoms with van der Waals surface area (Å²) in [6.45, 7) is 18.1. The van der Waals surface area contributed by atoms with Crippen molar-refractivity contribution >= 4 is 91.2 Å². The lowest BCUT2D eigenvalue weighted by molar-refractivity contribution is 0.706. The number of fused-ring (bicyclic) bond motifs is 20. The highest BCUT2D eigenvalue weighted by Crippen LogP contribution is 2.41. The zero-order valence-corrected chi connectivity index (χ0v) is 50.2. The third kappa shape index (κ3) is 13.5. The monoisotopic (exact) mass is 1090 g/mol. The van der Waals surface area contributed by atoms with Gasteiger partial charge in [0.15, 0.2) is 23.3 Å². The van der Waals surface area contributed by atoms with Crippen LogP contribution in [0.2, 0.25) is 0 Å². The second kappa shape index (κ2) is 27.5. The van der Waals surface area contributed by atoms with E-state index in [4.69, 9.17) is 29.9 Å².